The summed E-state index contributed by atoms with van der Waals surface area (Å²) < 4.78 is 65.6. The molecular weight excluding hydrogens is 727 g/mol. The van der Waals surface area contributed by atoms with Crippen molar-refractivity contribution in [1.82, 2.24) is 10.2 Å². The second kappa shape index (κ2) is 15.2. The summed E-state index contributed by atoms with van der Waals surface area (Å²) in [7, 11) is 1.39. The third-order valence-electron chi connectivity index (χ3n) is 7.33. The molecule has 4 rings (SSSR count). The van der Waals surface area contributed by atoms with Gasteiger partial charge < -0.3 is 35.0 Å². The zero-order valence-electron chi connectivity index (χ0n) is 24.4. The molecule has 0 saturated carbocycles. The van der Waals surface area contributed by atoms with Gasteiger partial charge in [0.05, 0.1) is 35.5 Å². The van der Waals surface area contributed by atoms with E-state index in [4.69, 9.17) is 9.47 Å². The van der Waals surface area contributed by atoms with Gasteiger partial charge in [-0.15, -0.1) is 0 Å². The van der Waals surface area contributed by atoms with E-state index < -0.39 is 47.6 Å². The van der Waals surface area contributed by atoms with Gasteiger partial charge in [0.25, 0.3) is 5.91 Å². The van der Waals surface area contributed by atoms with Gasteiger partial charge in [-0.3, -0.25) is 9.59 Å². The van der Waals surface area contributed by atoms with Crippen LogP contribution < -0.4 is 14.8 Å². The standard InChI is InChI=1S/C32H31F4IN2O7/c1-45-27-13-19(17-41)12-24(37)29(27)46-26-15-21(30(43)38-10-11-40)14-25(28(26)42)39(16-18-2-8-23(33)9-3-18)31(44)20-4-6-22(7-5-20)32(34,35)36/h2-9,12-13,15,25-26,28,40-42H,10-11,14,16-17H2,1H3,(H,38,43). The molecule has 0 bridgehead atoms. The van der Waals surface area contributed by atoms with Crippen molar-refractivity contribution < 1.29 is 51.9 Å². The van der Waals surface area contributed by atoms with Gasteiger partial charge in [-0.25, -0.2) is 4.39 Å². The summed E-state index contributed by atoms with van der Waals surface area (Å²) in [6.45, 7) is -0.903. The van der Waals surface area contributed by atoms with E-state index in [0.29, 0.717) is 14.7 Å². The van der Waals surface area contributed by atoms with Crippen molar-refractivity contribution in [3.63, 3.8) is 0 Å². The SMILES string of the molecule is COc1cc(CO)cc(I)c1OC1C=C(C(=O)NCCO)CC(N(Cc2ccc(F)cc2)C(=O)c2ccc(C(F)(F)F)cc2)C1O. The minimum Gasteiger partial charge on any atom is -0.493 e. The number of aliphatic hydroxyl groups excluding tert-OH is 3. The van der Waals surface area contributed by atoms with Crippen LogP contribution in [0.15, 0.2) is 72.3 Å². The summed E-state index contributed by atoms with van der Waals surface area (Å²) in [4.78, 5) is 28.3. The average molecular weight is 759 g/mol. The highest BCUT2D eigenvalue weighted by atomic mass is 127. The van der Waals surface area contributed by atoms with Gasteiger partial charge in [0, 0.05) is 30.6 Å². The lowest BCUT2D eigenvalue weighted by atomic mass is 9.87. The lowest BCUT2D eigenvalue weighted by Crippen LogP contribution is -2.54. The highest BCUT2D eigenvalue weighted by molar-refractivity contribution is 14.1. The summed E-state index contributed by atoms with van der Waals surface area (Å²) >= 11 is 1.96. The number of ether oxygens (including phenoxy) is 2. The number of nitrogens with one attached hydrogen (secondary N) is 1. The van der Waals surface area contributed by atoms with Crippen molar-refractivity contribution in [1.29, 1.82) is 0 Å². The zero-order valence-corrected chi connectivity index (χ0v) is 26.6. The number of alkyl halides is 3. The molecule has 0 radical (unpaired) electrons. The number of rotatable bonds is 11. The predicted molar refractivity (Wildman–Crippen MR) is 166 cm³/mol. The molecule has 246 valence electrons. The number of nitrogens with zero attached hydrogens (tertiary/aromatic N) is 1. The molecule has 46 heavy (non-hydrogen) atoms. The molecular formula is C32H31F4IN2O7. The first-order valence-corrected chi connectivity index (χ1v) is 15.1. The van der Waals surface area contributed by atoms with Crippen LogP contribution in [0.4, 0.5) is 17.6 Å². The fourth-order valence-electron chi connectivity index (χ4n) is 4.99. The zero-order chi connectivity index (χ0) is 33.6. The molecule has 9 nitrogen and oxygen atoms in total. The van der Waals surface area contributed by atoms with Crippen LogP contribution in [0.5, 0.6) is 11.5 Å². The number of amides is 2. The fraction of sp³-hybridized carbons (Fsp3) is 0.312. The number of halogens is 5. The van der Waals surface area contributed by atoms with E-state index in [1.54, 1.807) is 6.07 Å². The largest absolute Gasteiger partial charge is 0.493 e. The number of carbonyl (C=O) groups excluding carboxylic acids is 2. The summed E-state index contributed by atoms with van der Waals surface area (Å²) in [6.07, 6.45) is -6.15. The summed E-state index contributed by atoms with van der Waals surface area (Å²) in [6, 6.07) is 10.8. The van der Waals surface area contributed by atoms with Crippen LogP contribution in [0.1, 0.15) is 33.5 Å². The maximum Gasteiger partial charge on any atom is 0.416 e. The van der Waals surface area contributed by atoms with Gasteiger partial charge in [-0.05, 0) is 88.3 Å². The number of hydrogen-bond donors (Lipinski definition) is 4. The van der Waals surface area contributed by atoms with Crippen LogP contribution in [-0.2, 0) is 24.1 Å². The highest BCUT2D eigenvalue weighted by Crippen LogP contribution is 2.38. The second-order valence-electron chi connectivity index (χ2n) is 10.4. The van der Waals surface area contributed by atoms with E-state index in [9.17, 15) is 42.5 Å². The van der Waals surface area contributed by atoms with E-state index in [-0.39, 0.29) is 55.4 Å². The van der Waals surface area contributed by atoms with E-state index >= 15 is 0 Å². The van der Waals surface area contributed by atoms with E-state index in [1.165, 1.54) is 48.4 Å². The number of methoxy groups -OCH3 is 1. The highest BCUT2D eigenvalue weighted by Gasteiger charge is 2.41. The number of benzene rings is 3. The van der Waals surface area contributed by atoms with Gasteiger partial charge in [-0.1, -0.05) is 12.1 Å². The smallest absolute Gasteiger partial charge is 0.416 e. The Bertz CT molecular complexity index is 1570. The lowest BCUT2D eigenvalue weighted by molar-refractivity contribution is -0.137. The molecule has 3 unspecified atom stereocenters. The number of hydrogen-bond acceptors (Lipinski definition) is 7. The quantitative estimate of drug-likeness (QED) is 0.171. The van der Waals surface area contributed by atoms with Crippen molar-refractivity contribution in [2.45, 2.75) is 44.0 Å². The molecule has 3 aromatic rings. The first-order valence-electron chi connectivity index (χ1n) is 14.0. The Hall–Kier alpha value is -3.73. The maximum atomic E-state index is 14.0. The van der Waals surface area contributed by atoms with E-state index in [2.05, 4.69) is 5.32 Å². The van der Waals surface area contributed by atoms with Gasteiger partial charge >= 0.3 is 6.18 Å². The van der Waals surface area contributed by atoms with E-state index in [1.807, 2.05) is 22.6 Å². The Morgan fingerprint density at radius 2 is 1.72 bits per heavy atom. The molecule has 0 heterocycles. The van der Waals surface area contributed by atoms with Crippen molar-refractivity contribution >= 4 is 34.4 Å². The molecule has 1 aliphatic rings. The van der Waals surface area contributed by atoms with Crippen LogP contribution in [-0.4, -0.2) is 70.5 Å². The minimum absolute atomic E-state index is 0.0764. The van der Waals surface area contributed by atoms with Crippen LogP contribution in [0.25, 0.3) is 0 Å². The van der Waals surface area contributed by atoms with Crippen LogP contribution in [0.3, 0.4) is 0 Å². The third-order valence-corrected chi connectivity index (χ3v) is 8.13. The Balaban J connectivity index is 1.78. The molecule has 4 N–H and O–H groups in total. The molecule has 0 saturated heterocycles. The number of carbonyl (C=O) groups is 2. The molecule has 2 amide bonds. The Morgan fingerprint density at radius 3 is 2.30 bits per heavy atom. The Kier molecular flexibility index (Phi) is 11.6. The van der Waals surface area contributed by atoms with E-state index in [0.717, 1.165) is 24.3 Å². The molecule has 14 heteroatoms. The molecule has 0 aliphatic heterocycles. The molecule has 0 spiro atoms. The average Bonchev–Trinajstić information content (AvgIpc) is 3.04. The topological polar surface area (TPSA) is 129 Å². The maximum absolute atomic E-state index is 14.0. The van der Waals surface area contributed by atoms with Crippen LogP contribution >= 0.6 is 22.6 Å². The Morgan fingerprint density at radius 1 is 1.04 bits per heavy atom. The Labute approximate surface area is 275 Å². The molecule has 3 aromatic carbocycles. The first-order chi connectivity index (χ1) is 21.9. The summed E-state index contributed by atoms with van der Waals surface area (Å²) in [5.74, 6) is -1.46. The summed E-state index contributed by atoms with van der Waals surface area (Å²) in [5, 5.41) is 33.1. The van der Waals surface area contributed by atoms with Gasteiger partial charge in [0.15, 0.2) is 11.5 Å². The first kappa shape index (κ1) is 35.1. The van der Waals surface area contributed by atoms with Crippen molar-refractivity contribution in [3.05, 3.63) is 104 Å². The molecule has 3 atom stereocenters. The second-order valence-corrected chi connectivity index (χ2v) is 11.6. The van der Waals surface area contributed by atoms with Gasteiger partial charge in [0.2, 0.25) is 5.91 Å². The van der Waals surface area contributed by atoms with Crippen LogP contribution in [0, 0.1) is 9.39 Å². The molecule has 1 aliphatic carbocycles. The van der Waals surface area contributed by atoms with Crippen molar-refractivity contribution in [3.8, 4) is 11.5 Å². The normalized spacial score (nSPS) is 18.0. The van der Waals surface area contributed by atoms with Crippen molar-refractivity contribution in [2.24, 2.45) is 0 Å². The summed E-state index contributed by atoms with van der Waals surface area (Å²) in [5.41, 5.74) is 0.0168. The molecule has 0 aromatic heterocycles. The fourth-order valence-corrected chi connectivity index (χ4v) is 5.78. The monoisotopic (exact) mass is 758 g/mol. The van der Waals surface area contributed by atoms with Gasteiger partial charge in [0.1, 0.15) is 18.0 Å². The molecule has 0 fully saturated rings. The van der Waals surface area contributed by atoms with Crippen molar-refractivity contribution in [2.75, 3.05) is 20.3 Å². The number of aliphatic hydroxyl groups is 3. The predicted octanol–water partition coefficient (Wildman–Crippen LogP) is 4.21. The van der Waals surface area contributed by atoms with Gasteiger partial charge in [-0.2, -0.15) is 13.2 Å². The van der Waals surface area contributed by atoms with Crippen LogP contribution in [0.2, 0.25) is 0 Å². The third kappa shape index (κ3) is 8.34. The minimum atomic E-state index is -4.63. The lowest BCUT2D eigenvalue weighted by Gasteiger charge is -2.40.